The van der Waals surface area contributed by atoms with Gasteiger partial charge in [0.1, 0.15) is 7.28 Å². The van der Waals surface area contributed by atoms with Gasteiger partial charge in [-0.05, 0) is 17.3 Å². The van der Waals surface area contributed by atoms with Crippen LogP contribution in [0.15, 0.2) is 0 Å². The van der Waals surface area contributed by atoms with Gasteiger partial charge in [-0.3, -0.25) is 9.69 Å². The van der Waals surface area contributed by atoms with Crippen molar-refractivity contribution >= 4 is 13.7 Å². The molecule has 1 aliphatic rings. The highest BCUT2D eigenvalue weighted by molar-refractivity contribution is 6.37. The van der Waals surface area contributed by atoms with Crippen molar-refractivity contribution in [3.63, 3.8) is 0 Å². The number of nitrogens with zero attached hydrogens (tertiary/aromatic N) is 2. The van der Waals surface area contributed by atoms with Crippen LogP contribution in [0.25, 0.3) is 0 Å². The second-order valence-corrected chi connectivity index (χ2v) is 8.61. The monoisotopic (exact) mass is 293 g/mol. The SMILES string of the molecule is CC(C)[B]CC(C)(C)CC(C)(C)CN1CCN(C=O)CC1. The van der Waals surface area contributed by atoms with E-state index in [1.54, 1.807) is 0 Å². The molecule has 121 valence electrons. The maximum atomic E-state index is 10.8. The van der Waals surface area contributed by atoms with E-state index in [0.29, 0.717) is 16.6 Å². The zero-order chi connectivity index (χ0) is 16.1. The maximum absolute atomic E-state index is 10.8. The minimum Gasteiger partial charge on any atom is -0.343 e. The van der Waals surface area contributed by atoms with Gasteiger partial charge in [0.2, 0.25) is 6.41 Å². The molecule has 21 heavy (non-hydrogen) atoms. The minimum atomic E-state index is 0.317. The fourth-order valence-corrected chi connectivity index (χ4v) is 3.61. The standard InChI is InChI=1S/C17H34BN2O/c1-15(2)18-12-16(3,4)11-17(5,6)13-19-7-9-20(14-21)10-8-19/h14-15H,7-13H2,1-6H3. The molecule has 0 aliphatic carbocycles. The summed E-state index contributed by atoms with van der Waals surface area (Å²) in [4.78, 5) is 15.2. The Hall–Kier alpha value is -0.505. The van der Waals surface area contributed by atoms with Crippen molar-refractivity contribution in [1.82, 2.24) is 9.80 Å². The van der Waals surface area contributed by atoms with Gasteiger partial charge in [0.05, 0.1) is 0 Å². The molecule has 1 heterocycles. The largest absolute Gasteiger partial charge is 0.343 e. The van der Waals surface area contributed by atoms with Crippen LogP contribution in [0.3, 0.4) is 0 Å². The van der Waals surface area contributed by atoms with E-state index in [9.17, 15) is 4.79 Å². The van der Waals surface area contributed by atoms with Crippen molar-refractivity contribution in [3.8, 4) is 0 Å². The molecule has 0 aromatic heterocycles. The lowest BCUT2D eigenvalue weighted by Gasteiger charge is -2.41. The normalized spacial score (nSPS) is 18.1. The molecule has 4 heteroatoms. The summed E-state index contributed by atoms with van der Waals surface area (Å²) < 4.78 is 0. The Bertz CT molecular complexity index is 321. The predicted octanol–water partition coefficient (Wildman–Crippen LogP) is 3.15. The molecule has 1 aliphatic heterocycles. The van der Waals surface area contributed by atoms with E-state index in [-0.39, 0.29) is 0 Å². The lowest BCUT2D eigenvalue weighted by molar-refractivity contribution is -0.119. The minimum absolute atomic E-state index is 0.317. The Morgan fingerprint density at radius 2 is 1.62 bits per heavy atom. The molecule has 0 unspecified atom stereocenters. The first kappa shape index (κ1) is 18.5. The van der Waals surface area contributed by atoms with Crippen LogP contribution < -0.4 is 0 Å². The Morgan fingerprint density at radius 1 is 1.05 bits per heavy atom. The van der Waals surface area contributed by atoms with E-state index in [0.717, 1.165) is 39.1 Å². The quantitative estimate of drug-likeness (QED) is 0.507. The van der Waals surface area contributed by atoms with Crippen LogP contribution in [0.1, 0.15) is 48.0 Å². The van der Waals surface area contributed by atoms with Gasteiger partial charge < -0.3 is 4.90 Å². The summed E-state index contributed by atoms with van der Waals surface area (Å²) >= 11 is 0. The Balaban J connectivity index is 2.43. The lowest BCUT2D eigenvalue weighted by Crippen LogP contribution is -2.49. The second-order valence-electron chi connectivity index (χ2n) is 8.61. The van der Waals surface area contributed by atoms with E-state index in [4.69, 9.17) is 0 Å². The van der Waals surface area contributed by atoms with Crippen LogP contribution in [0, 0.1) is 10.8 Å². The van der Waals surface area contributed by atoms with Gasteiger partial charge in [0.25, 0.3) is 0 Å². The zero-order valence-corrected chi connectivity index (χ0v) is 15.0. The molecule has 3 nitrogen and oxygen atoms in total. The highest BCUT2D eigenvalue weighted by atomic mass is 16.1. The first-order valence-corrected chi connectivity index (χ1v) is 8.39. The molecule has 0 spiro atoms. The Morgan fingerprint density at radius 3 is 2.10 bits per heavy atom. The van der Waals surface area contributed by atoms with Crippen LogP contribution in [0.4, 0.5) is 0 Å². The van der Waals surface area contributed by atoms with Crippen LogP contribution in [-0.2, 0) is 4.79 Å². The van der Waals surface area contributed by atoms with Gasteiger partial charge >= 0.3 is 0 Å². The zero-order valence-electron chi connectivity index (χ0n) is 15.0. The number of piperazine rings is 1. The van der Waals surface area contributed by atoms with Gasteiger partial charge in [-0.1, -0.05) is 53.7 Å². The summed E-state index contributed by atoms with van der Waals surface area (Å²) in [6, 6.07) is 0. The lowest BCUT2D eigenvalue weighted by atomic mass is 9.55. The number of rotatable bonds is 8. The van der Waals surface area contributed by atoms with Crippen LogP contribution >= 0.6 is 0 Å². The fraction of sp³-hybridized carbons (Fsp3) is 0.941. The van der Waals surface area contributed by atoms with E-state index < -0.39 is 0 Å². The smallest absolute Gasteiger partial charge is 0.209 e. The van der Waals surface area contributed by atoms with E-state index >= 15 is 0 Å². The number of carbonyl (C=O) groups is 1. The van der Waals surface area contributed by atoms with E-state index in [1.807, 2.05) is 4.90 Å². The fourth-order valence-electron chi connectivity index (χ4n) is 3.61. The molecule has 1 saturated heterocycles. The summed E-state index contributed by atoms with van der Waals surface area (Å²) in [5.74, 6) is 0.670. The van der Waals surface area contributed by atoms with Crippen molar-refractivity contribution in [1.29, 1.82) is 0 Å². The molecule has 1 radical (unpaired) electrons. The Labute approximate surface area is 132 Å². The summed E-state index contributed by atoms with van der Waals surface area (Å²) in [6.45, 7) is 19.0. The second kappa shape index (κ2) is 7.67. The third-order valence-electron chi connectivity index (χ3n) is 4.31. The highest BCUT2D eigenvalue weighted by Crippen LogP contribution is 2.37. The molecule has 1 fully saturated rings. The van der Waals surface area contributed by atoms with Crippen molar-refractivity contribution in [3.05, 3.63) is 0 Å². The van der Waals surface area contributed by atoms with Crippen molar-refractivity contribution in [2.45, 2.75) is 60.1 Å². The number of carbonyl (C=O) groups excluding carboxylic acids is 1. The number of amides is 1. The van der Waals surface area contributed by atoms with Crippen LogP contribution in [0.2, 0.25) is 12.1 Å². The summed E-state index contributed by atoms with van der Waals surface area (Å²) in [6.07, 6.45) is 3.40. The van der Waals surface area contributed by atoms with Gasteiger partial charge in [-0.25, -0.2) is 0 Å². The van der Waals surface area contributed by atoms with Gasteiger partial charge in [0.15, 0.2) is 0 Å². The molecule has 0 atom stereocenters. The van der Waals surface area contributed by atoms with E-state index in [1.165, 1.54) is 12.7 Å². The molecule has 1 amide bonds. The molecule has 1 rings (SSSR count). The molecular formula is C17H34BN2O. The molecule has 0 aromatic carbocycles. The third-order valence-corrected chi connectivity index (χ3v) is 4.31. The van der Waals surface area contributed by atoms with Gasteiger partial charge in [-0.15, -0.1) is 0 Å². The number of hydrogen-bond acceptors (Lipinski definition) is 2. The van der Waals surface area contributed by atoms with Crippen LogP contribution in [0.5, 0.6) is 0 Å². The van der Waals surface area contributed by atoms with Crippen molar-refractivity contribution in [2.24, 2.45) is 10.8 Å². The first-order valence-electron chi connectivity index (χ1n) is 8.39. The molecule has 0 saturated carbocycles. The predicted molar refractivity (Wildman–Crippen MR) is 91.9 cm³/mol. The summed E-state index contributed by atoms with van der Waals surface area (Å²) in [7, 11) is 2.44. The number of hydrogen-bond donors (Lipinski definition) is 0. The van der Waals surface area contributed by atoms with Crippen molar-refractivity contribution < 1.29 is 4.79 Å². The molecule has 0 N–H and O–H groups in total. The highest BCUT2D eigenvalue weighted by Gasteiger charge is 2.31. The maximum Gasteiger partial charge on any atom is 0.209 e. The first-order chi connectivity index (χ1) is 9.63. The average Bonchev–Trinajstić information content (AvgIpc) is 2.35. The third kappa shape index (κ3) is 7.35. The van der Waals surface area contributed by atoms with Gasteiger partial charge in [0, 0.05) is 32.7 Å². The topological polar surface area (TPSA) is 23.6 Å². The molecule has 0 aromatic rings. The summed E-state index contributed by atoms with van der Waals surface area (Å²) in [5, 5.41) is 0. The molecular weight excluding hydrogens is 259 g/mol. The van der Waals surface area contributed by atoms with Crippen molar-refractivity contribution in [2.75, 3.05) is 32.7 Å². The average molecular weight is 293 g/mol. The molecule has 0 bridgehead atoms. The van der Waals surface area contributed by atoms with E-state index in [2.05, 4.69) is 53.7 Å². The summed E-state index contributed by atoms with van der Waals surface area (Å²) in [5.41, 5.74) is 0.677. The Kier molecular flexibility index (Phi) is 6.77. The van der Waals surface area contributed by atoms with Gasteiger partial charge in [-0.2, -0.15) is 0 Å². The van der Waals surface area contributed by atoms with Crippen LogP contribution in [-0.4, -0.2) is 56.2 Å².